The fourth-order valence-corrected chi connectivity index (χ4v) is 3.79. The fourth-order valence-electron chi connectivity index (χ4n) is 2.65. The number of H-pyrrole nitrogens is 1. The van der Waals surface area contributed by atoms with E-state index in [-0.39, 0.29) is 5.75 Å². The number of aryl methyl sites for hydroxylation is 2. The highest BCUT2D eigenvalue weighted by Crippen LogP contribution is 2.14. The summed E-state index contributed by atoms with van der Waals surface area (Å²) in [6.07, 6.45) is 0.640. The van der Waals surface area contributed by atoms with Crippen LogP contribution in [0.1, 0.15) is 22.5 Å². The Morgan fingerprint density at radius 1 is 1.04 bits per heavy atom. The summed E-state index contributed by atoms with van der Waals surface area (Å²) in [5, 5.41) is 0. The largest absolute Gasteiger partial charge is 0.342 e. The van der Waals surface area contributed by atoms with Crippen molar-refractivity contribution in [2.24, 2.45) is 0 Å². The van der Waals surface area contributed by atoms with Crippen molar-refractivity contribution in [3.8, 4) is 0 Å². The van der Waals surface area contributed by atoms with E-state index in [9.17, 15) is 8.42 Å². The van der Waals surface area contributed by atoms with Crippen LogP contribution in [0.5, 0.6) is 0 Å². The second kappa shape index (κ2) is 6.75. The number of rotatable bonds is 6. The summed E-state index contributed by atoms with van der Waals surface area (Å²) in [6, 6.07) is 13.5. The van der Waals surface area contributed by atoms with Crippen molar-refractivity contribution in [2.75, 3.05) is 6.54 Å². The third-order valence-electron chi connectivity index (χ3n) is 3.88. The van der Waals surface area contributed by atoms with Gasteiger partial charge in [-0.05, 0) is 43.5 Å². The van der Waals surface area contributed by atoms with E-state index >= 15 is 0 Å². The summed E-state index contributed by atoms with van der Waals surface area (Å²) in [5.74, 6) is 0.882. The van der Waals surface area contributed by atoms with Gasteiger partial charge in [-0.15, -0.1) is 0 Å². The Balaban J connectivity index is 1.58. The molecular weight excluding hydrogens is 322 g/mol. The molecule has 0 atom stereocenters. The molecule has 1 aromatic heterocycles. The molecule has 5 nitrogen and oxygen atoms in total. The quantitative estimate of drug-likeness (QED) is 0.723. The van der Waals surface area contributed by atoms with Crippen LogP contribution in [-0.4, -0.2) is 24.9 Å². The van der Waals surface area contributed by atoms with Gasteiger partial charge in [0.1, 0.15) is 5.82 Å². The predicted octanol–water partition coefficient (Wildman–Crippen LogP) is 2.84. The number of nitrogens with zero attached hydrogens (tertiary/aromatic N) is 1. The first-order chi connectivity index (χ1) is 11.4. The van der Waals surface area contributed by atoms with Crippen molar-refractivity contribution >= 4 is 21.1 Å². The zero-order valence-corrected chi connectivity index (χ0v) is 14.7. The number of nitrogens with one attached hydrogen (secondary N) is 2. The highest BCUT2D eigenvalue weighted by molar-refractivity contribution is 7.88. The molecule has 0 aliphatic heterocycles. The number of benzene rings is 2. The Hall–Kier alpha value is -2.18. The van der Waals surface area contributed by atoms with Crippen molar-refractivity contribution in [3.05, 3.63) is 65.0 Å². The molecule has 0 fully saturated rings. The van der Waals surface area contributed by atoms with Crippen LogP contribution in [0.4, 0.5) is 0 Å². The Bertz CT molecular complexity index is 944. The van der Waals surface area contributed by atoms with Crippen molar-refractivity contribution in [1.82, 2.24) is 14.7 Å². The first-order valence-corrected chi connectivity index (χ1v) is 9.55. The number of fused-ring (bicyclic) bond motifs is 1. The lowest BCUT2D eigenvalue weighted by Gasteiger charge is -2.07. The standard InChI is InChI=1S/C18H21N3O2S/c1-13-3-5-16(6-4-13)12-24(22,23)19-10-9-15-7-8-17-18(11-15)21-14(2)20-17/h3-8,11,19H,9-10,12H2,1-2H3,(H,20,21). The van der Waals surface area contributed by atoms with Gasteiger partial charge in [0.15, 0.2) is 0 Å². The molecule has 0 spiro atoms. The molecule has 0 radical (unpaired) electrons. The number of aromatic nitrogens is 2. The van der Waals surface area contributed by atoms with E-state index in [0.717, 1.165) is 33.5 Å². The van der Waals surface area contributed by atoms with E-state index in [1.165, 1.54) is 0 Å². The zero-order valence-electron chi connectivity index (χ0n) is 13.8. The van der Waals surface area contributed by atoms with Crippen molar-refractivity contribution in [3.63, 3.8) is 0 Å². The smallest absolute Gasteiger partial charge is 0.215 e. The van der Waals surface area contributed by atoms with Crippen LogP contribution >= 0.6 is 0 Å². The van der Waals surface area contributed by atoms with Gasteiger partial charge in [-0.2, -0.15) is 0 Å². The molecule has 0 saturated heterocycles. The molecule has 2 aromatic carbocycles. The number of hydrogen-bond donors (Lipinski definition) is 2. The van der Waals surface area contributed by atoms with Gasteiger partial charge in [-0.1, -0.05) is 35.9 Å². The zero-order chi connectivity index (χ0) is 17.2. The van der Waals surface area contributed by atoms with Crippen LogP contribution < -0.4 is 4.72 Å². The summed E-state index contributed by atoms with van der Waals surface area (Å²) >= 11 is 0. The highest BCUT2D eigenvalue weighted by atomic mass is 32.2. The van der Waals surface area contributed by atoms with Gasteiger partial charge >= 0.3 is 0 Å². The molecule has 0 amide bonds. The topological polar surface area (TPSA) is 74.8 Å². The highest BCUT2D eigenvalue weighted by Gasteiger charge is 2.11. The molecular formula is C18H21N3O2S. The summed E-state index contributed by atoms with van der Waals surface area (Å²) in [5.41, 5.74) is 4.89. The fraction of sp³-hybridized carbons (Fsp3) is 0.278. The third-order valence-corrected chi connectivity index (χ3v) is 5.23. The molecule has 0 saturated carbocycles. The van der Waals surface area contributed by atoms with Gasteiger partial charge in [0.05, 0.1) is 16.8 Å². The lowest BCUT2D eigenvalue weighted by atomic mass is 10.1. The third kappa shape index (κ3) is 4.21. The lowest BCUT2D eigenvalue weighted by molar-refractivity contribution is 0.581. The monoisotopic (exact) mass is 343 g/mol. The second-order valence-electron chi connectivity index (χ2n) is 6.06. The molecule has 126 valence electrons. The van der Waals surface area contributed by atoms with Crippen LogP contribution in [0.2, 0.25) is 0 Å². The van der Waals surface area contributed by atoms with Gasteiger partial charge in [-0.25, -0.2) is 18.1 Å². The first-order valence-electron chi connectivity index (χ1n) is 7.89. The second-order valence-corrected chi connectivity index (χ2v) is 7.87. The summed E-state index contributed by atoms with van der Waals surface area (Å²) < 4.78 is 27.0. The van der Waals surface area contributed by atoms with Crippen molar-refractivity contribution in [1.29, 1.82) is 0 Å². The van der Waals surface area contributed by atoms with E-state index in [1.807, 2.05) is 56.3 Å². The Morgan fingerprint density at radius 2 is 1.75 bits per heavy atom. The minimum atomic E-state index is -3.33. The molecule has 2 N–H and O–H groups in total. The molecule has 6 heteroatoms. The number of imidazole rings is 1. The molecule has 24 heavy (non-hydrogen) atoms. The number of hydrogen-bond acceptors (Lipinski definition) is 3. The number of sulfonamides is 1. The molecule has 0 aliphatic rings. The van der Waals surface area contributed by atoms with Gasteiger partial charge < -0.3 is 4.98 Å². The van der Waals surface area contributed by atoms with E-state index in [0.29, 0.717) is 13.0 Å². The van der Waals surface area contributed by atoms with Gasteiger partial charge in [-0.3, -0.25) is 0 Å². The molecule has 3 aromatic rings. The summed E-state index contributed by atoms with van der Waals surface area (Å²) in [7, 11) is -3.33. The molecule has 1 heterocycles. The van der Waals surface area contributed by atoms with E-state index < -0.39 is 10.0 Å². The van der Waals surface area contributed by atoms with E-state index in [1.54, 1.807) is 0 Å². The van der Waals surface area contributed by atoms with Crippen LogP contribution in [0, 0.1) is 13.8 Å². The van der Waals surface area contributed by atoms with Gasteiger partial charge in [0.25, 0.3) is 0 Å². The minimum Gasteiger partial charge on any atom is -0.342 e. The predicted molar refractivity (Wildman–Crippen MR) is 96.3 cm³/mol. The SMILES string of the molecule is Cc1ccc(CS(=O)(=O)NCCc2ccc3nc(C)[nH]c3c2)cc1. The first kappa shape index (κ1) is 16.7. The maximum Gasteiger partial charge on any atom is 0.215 e. The van der Waals surface area contributed by atoms with Crippen LogP contribution in [0.3, 0.4) is 0 Å². The molecule has 0 unspecified atom stereocenters. The van der Waals surface area contributed by atoms with Crippen LogP contribution in [0.25, 0.3) is 11.0 Å². The van der Waals surface area contributed by atoms with Gasteiger partial charge in [0, 0.05) is 6.54 Å². The minimum absolute atomic E-state index is 0.00601. The number of aromatic amines is 1. The average molecular weight is 343 g/mol. The van der Waals surface area contributed by atoms with Crippen LogP contribution in [-0.2, 0) is 22.2 Å². The van der Waals surface area contributed by atoms with E-state index in [4.69, 9.17) is 0 Å². The summed E-state index contributed by atoms with van der Waals surface area (Å²) in [6.45, 7) is 4.28. The van der Waals surface area contributed by atoms with Crippen LogP contribution in [0.15, 0.2) is 42.5 Å². The molecule has 0 aliphatic carbocycles. The van der Waals surface area contributed by atoms with Gasteiger partial charge in [0.2, 0.25) is 10.0 Å². The Morgan fingerprint density at radius 3 is 2.50 bits per heavy atom. The van der Waals surface area contributed by atoms with E-state index in [2.05, 4.69) is 14.7 Å². The normalized spacial score (nSPS) is 11.9. The maximum absolute atomic E-state index is 12.2. The van der Waals surface area contributed by atoms with Crippen molar-refractivity contribution in [2.45, 2.75) is 26.0 Å². The Labute approximate surface area is 142 Å². The lowest BCUT2D eigenvalue weighted by Crippen LogP contribution is -2.27. The summed E-state index contributed by atoms with van der Waals surface area (Å²) in [4.78, 5) is 7.55. The molecule has 3 rings (SSSR count). The van der Waals surface area contributed by atoms with Crippen molar-refractivity contribution < 1.29 is 8.42 Å². The average Bonchev–Trinajstić information content (AvgIpc) is 2.88. The Kier molecular flexibility index (Phi) is 4.69. The maximum atomic E-state index is 12.2. The molecule has 0 bridgehead atoms.